The van der Waals surface area contributed by atoms with Crippen molar-refractivity contribution in [2.45, 2.75) is 23.8 Å². The lowest BCUT2D eigenvalue weighted by Crippen LogP contribution is -2.43. The van der Waals surface area contributed by atoms with Gasteiger partial charge in [-0.1, -0.05) is 12.1 Å². The molecule has 4 nitrogen and oxygen atoms in total. The van der Waals surface area contributed by atoms with Crippen LogP contribution < -0.4 is 5.32 Å². The van der Waals surface area contributed by atoms with Crippen LogP contribution in [0.25, 0.3) is 0 Å². The summed E-state index contributed by atoms with van der Waals surface area (Å²) in [5, 5.41) is 2.76. The quantitative estimate of drug-likeness (QED) is 0.805. The van der Waals surface area contributed by atoms with Crippen molar-refractivity contribution in [2.24, 2.45) is 0 Å². The number of carbonyl (C=O) groups is 1. The molecule has 2 rings (SSSR count). The van der Waals surface area contributed by atoms with Gasteiger partial charge in [-0.3, -0.25) is 4.79 Å². The maximum absolute atomic E-state index is 12.0. The Bertz CT molecular complexity index is 554. The van der Waals surface area contributed by atoms with Gasteiger partial charge in [0.2, 0.25) is 0 Å². The largest absolute Gasteiger partial charge is 0.348 e. The van der Waals surface area contributed by atoms with E-state index in [1.807, 2.05) is 0 Å². The summed E-state index contributed by atoms with van der Waals surface area (Å²) < 4.78 is 23.0. The summed E-state index contributed by atoms with van der Waals surface area (Å²) in [5.74, 6) is -0.00146. The Labute approximate surface area is 112 Å². The van der Waals surface area contributed by atoms with Gasteiger partial charge < -0.3 is 5.32 Å². The molecular formula is C12H15NO3S2. The maximum Gasteiger partial charge on any atom is 0.252 e. The van der Waals surface area contributed by atoms with E-state index in [9.17, 15) is 13.2 Å². The zero-order valence-corrected chi connectivity index (χ0v) is 11.5. The highest BCUT2D eigenvalue weighted by atomic mass is 32.2. The number of sulfone groups is 1. The molecule has 1 atom stereocenters. The highest BCUT2D eigenvalue weighted by Crippen LogP contribution is 2.15. The van der Waals surface area contributed by atoms with Crippen LogP contribution in [0, 0.1) is 0 Å². The minimum atomic E-state index is -3.00. The number of hydrogen-bond acceptors (Lipinski definition) is 4. The summed E-state index contributed by atoms with van der Waals surface area (Å²) in [6, 6.07) is 6.67. The monoisotopic (exact) mass is 285 g/mol. The molecule has 1 fully saturated rings. The molecule has 0 bridgehead atoms. The molecule has 18 heavy (non-hydrogen) atoms. The normalized spacial score (nSPS) is 22.4. The molecule has 1 N–H and O–H groups in total. The van der Waals surface area contributed by atoms with Crippen molar-refractivity contribution in [1.82, 2.24) is 5.32 Å². The van der Waals surface area contributed by atoms with Gasteiger partial charge in [0.05, 0.1) is 17.1 Å². The van der Waals surface area contributed by atoms with E-state index in [0.29, 0.717) is 23.3 Å². The molecule has 0 radical (unpaired) electrons. The van der Waals surface area contributed by atoms with Crippen molar-refractivity contribution in [3.63, 3.8) is 0 Å². The van der Waals surface area contributed by atoms with Crippen molar-refractivity contribution >= 4 is 28.4 Å². The summed E-state index contributed by atoms with van der Waals surface area (Å²) in [5.41, 5.74) is 0.476. The van der Waals surface area contributed by atoms with Gasteiger partial charge in [-0.2, -0.15) is 0 Å². The first-order valence-corrected chi connectivity index (χ1v) is 8.04. The van der Waals surface area contributed by atoms with Crippen molar-refractivity contribution in [3.8, 4) is 0 Å². The number of thiol groups is 1. The van der Waals surface area contributed by atoms with E-state index in [1.165, 1.54) is 0 Å². The lowest BCUT2D eigenvalue weighted by molar-refractivity contribution is 0.0935. The summed E-state index contributed by atoms with van der Waals surface area (Å²) in [4.78, 5) is 12.6. The van der Waals surface area contributed by atoms with Crippen LogP contribution in [0.3, 0.4) is 0 Å². The average Bonchev–Trinajstić information content (AvgIpc) is 2.28. The molecule has 0 aliphatic carbocycles. The second-order valence-electron chi connectivity index (χ2n) is 4.44. The van der Waals surface area contributed by atoms with Crippen LogP contribution >= 0.6 is 12.6 Å². The van der Waals surface area contributed by atoms with E-state index < -0.39 is 9.84 Å². The summed E-state index contributed by atoms with van der Waals surface area (Å²) in [6.45, 7) is 0. The maximum atomic E-state index is 12.0. The number of rotatable bonds is 2. The minimum absolute atomic E-state index is 0.0352. The fourth-order valence-electron chi connectivity index (χ4n) is 2.07. The van der Waals surface area contributed by atoms with Gasteiger partial charge in [-0.05, 0) is 25.0 Å². The number of benzene rings is 1. The van der Waals surface area contributed by atoms with Crippen LogP contribution in [-0.4, -0.2) is 31.9 Å². The molecular weight excluding hydrogens is 270 g/mol. The summed E-state index contributed by atoms with van der Waals surface area (Å²) in [7, 11) is -3.00. The van der Waals surface area contributed by atoms with Crippen molar-refractivity contribution in [3.05, 3.63) is 29.8 Å². The Kier molecular flexibility index (Phi) is 3.97. The second kappa shape index (κ2) is 5.32. The third-order valence-corrected chi connectivity index (χ3v) is 5.16. The SMILES string of the molecule is O=C(NC1CCCS(=O)(=O)C1)c1ccccc1S. The number of nitrogens with one attached hydrogen (secondary N) is 1. The molecule has 1 aliphatic rings. The average molecular weight is 285 g/mol. The Hall–Kier alpha value is -1.01. The van der Waals surface area contributed by atoms with Gasteiger partial charge in [-0.25, -0.2) is 8.42 Å². The molecule has 0 aromatic heterocycles. The summed E-state index contributed by atoms with van der Waals surface area (Å²) in [6.07, 6.45) is 1.31. The molecule has 1 amide bonds. The fourth-order valence-corrected chi connectivity index (χ4v) is 3.96. The van der Waals surface area contributed by atoms with E-state index in [4.69, 9.17) is 0 Å². The predicted molar refractivity (Wildman–Crippen MR) is 72.8 cm³/mol. The van der Waals surface area contributed by atoms with Crippen LogP contribution in [0.5, 0.6) is 0 Å². The Morgan fingerprint density at radius 1 is 1.33 bits per heavy atom. The van der Waals surface area contributed by atoms with Crippen LogP contribution in [-0.2, 0) is 9.84 Å². The van der Waals surface area contributed by atoms with E-state index in [1.54, 1.807) is 24.3 Å². The minimum Gasteiger partial charge on any atom is -0.348 e. The Morgan fingerprint density at radius 3 is 2.72 bits per heavy atom. The van der Waals surface area contributed by atoms with Gasteiger partial charge in [0.1, 0.15) is 0 Å². The van der Waals surface area contributed by atoms with Gasteiger partial charge in [-0.15, -0.1) is 12.6 Å². The van der Waals surface area contributed by atoms with E-state index in [-0.39, 0.29) is 23.5 Å². The topological polar surface area (TPSA) is 63.2 Å². The standard InChI is InChI=1S/C12H15NO3S2/c14-12(10-5-1-2-6-11(10)17)13-9-4-3-7-18(15,16)8-9/h1-2,5-6,9,17H,3-4,7-8H2,(H,13,14). The number of amides is 1. The lowest BCUT2D eigenvalue weighted by atomic mass is 10.1. The molecule has 6 heteroatoms. The molecule has 1 aliphatic heterocycles. The summed E-state index contributed by atoms with van der Waals surface area (Å²) >= 11 is 4.21. The first-order chi connectivity index (χ1) is 8.48. The lowest BCUT2D eigenvalue weighted by Gasteiger charge is -2.23. The molecule has 98 valence electrons. The van der Waals surface area contributed by atoms with Crippen molar-refractivity contribution < 1.29 is 13.2 Å². The van der Waals surface area contributed by atoms with E-state index >= 15 is 0 Å². The molecule has 1 aromatic rings. The predicted octanol–water partition coefficient (Wildman–Crippen LogP) is 1.28. The van der Waals surface area contributed by atoms with Gasteiger partial charge in [0, 0.05) is 10.9 Å². The van der Waals surface area contributed by atoms with Gasteiger partial charge >= 0.3 is 0 Å². The fraction of sp³-hybridized carbons (Fsp3) is 0.417. The van der Waals surface area contributed by atoms with Gasteiger partial charge in [0.25, 0.3) is 5.91 Å². The van der Waals surface area contributed by atoms with Crippen LogP contribution in [0.15, 0.2) is 29.2 Å². The Morgan fingerprint density at radius 2 is 2.06 bits per heavy atom. The van der Waals surface area contributed by atoms with Gasteiger partial charge in [0.15, 0.2) is 9.84 Å². The number of carbonyl (C=O) groups excluding carboxylic acids is 1. The van der Waals surface area contributed by atoms with Crippen molar-refractivity contribution in [2.75, 3.05) is 11.5 Å². The van der Waals surface area contributed by atoms with Crippen LogP contribution in [0.4, 0.5) is 0 Å². The molecule has 0 spiro atoms. The zero-order chi connectivity index (χ0) is 13.2. The zero-order valence-electron chi connectivity index (χ0n) is 9.80. The number of hydrogen-bond donors (Lipinski definition) is 2. The highest BCUT2D eigenvalue weighted by molar-refractivity contribution is 7.91. The van der Waals surface area contributed by atoms with E-state index in [2.05, 4.69) is 17.9 Å². The molecule has 1 aromatic carbocycles. The second-order valence-corrected chi connectivity index (χ2v) is 7.15. The molecule has 1 heterocycles. The first-order valence-electron chi connectivity index (χ1n) is 5.77. The molecule has 1 unspecified atom stereocenters. The smallest absolute Gasteiger partial charge is 0.252 e. The van der Waals surface area contributed by atoms with Crippen molar-refractivity contribution in [1.29, 1.82) is 0 Å². The first kappa shape index (κ1) is 13.4. The third-order valence-electron chi connectivity index (χ3n) is 2.95. The highest BCUT2D eigenvalue weighted by Gasteiger charge is 2.26. The molecule has 1 saturated heterocycles. The Balaban J connectivity index is 2.06. The van der Waals surface area contributed by atoms with Crippen LogP contribution in [0.2, 0.25) is 0 Å². The van der Waals surface area contributed by atoms with Crippen LogP contribution in [0.1, 0.15) is 23.2 Å². The van der Waals surface area contributed by atoms with E-state index in [0.717, 1.165) is 0 Å². The third kappa shape index (κ3) is 3.26. The molecule has 0 saturated carbocycles.